The molecule has 2 unspecified atom stereocenters. The number of benzene rings is 1. The van der Waals surface area contributed by atoms with Crippen LogP contribution >= 0.6 is 23.1 Å². The summed E-state index contributed by atoms with van der Waals surface area (Å²) < 4.78 is 73.4. The minimum absolute atomic E-state index is 0.0705. The number of anilines is 1. The number of rotatable bonds is 9. The smallest absolute Gasteiger partial charge is 0.417 e. The lowest BCUT2D eigenvalue weighted by molar-refractivity contribution is -0.176. The van der Waals surface area contributed by atoms with Crippen molar-refractivity contribution in [3.05, 3.63) is 69.5 Å². The van der Waals surface area contributed by atoms with E-state index in [0.717, 1.165) is 23.4 Å². The van der Waals surface area contributed by atoms with E-state index in [-0.39, 0.29) is 23.8 Å². The maximum Gasteiger partial charge on any atom is 0.417 e. The number of Topliss-reactive ketones (excluding diaryl/α,β-unsaturated/α-hetero) is 1. The van der Waals surface area contributed by atoms with Gasteiger partial charge in [-0.05, 0) is 88.9 Å². The van der Waals surface area contributed by atoms with Gasteiger partial charge in [0.25, 0.3) is 10.0 Å². The van der Waals surface area contributed by atoms with Gasteiger partial charge in [0.1, 0.15) is 5.60 Å². The van der Waals surface area contributed by atoms with Gasteiger partial charge in [0.2, 0.25) is 0 Å². The van der Waals surface area contributed by atoms with E-state index in [1.165, 1.54) is 0 Å². The van der Waals surface area contributed by atoms with E-state index >= 15 is 0 Å². The fraction of sp³-hybridized carbons (Fsp3) is 0.452. The number of thiophene rings is 1. The van der Waals surface area contributed by atoms with E-state index in [4.69, 9.17) is 4.74 Å². The van der Waals surface area contributed by atoms with Gasteiger partial charge in [-0.2, -0.15) is 32.9 Å². The van der Waals surface area contributed by atoms with Crippen molar-refractivity contribution in [3.8, 4) is 0 Å². The van der Waals surface area contributed by atoms with Crippen LogP contribution in [0.25, 0.3) is 0 Å². The summed E-state index contributed by atoms with van der Waals surface area (Å²) in [6.07, 6.45) is -2.86. The number of pyridine rings is 1. The Bertz CT molecular complexity index is 1610. The van der Waals surface area contributed by atoms with Crippen molar-refractivity contribution >= 4 is 50.6 Å². The zero-order valence-electron chi connectivity index (χ0n) is 25.2. The van der Waals surface area contributed by atoms with Gasteiger partial charge in [-0.3, -0.25) is 14.3 Å². The second kappa shape index (κ2) is 12.5. The quantitative estimate of drug-likeness (QED) is 0.185. The molecule has 0 saturated carbocycles. The maximum atomic E-state index is 13.5. The number of ether oxygens (including phenoxy) is 1. The van der Waals surface area contributed by atoms with E-state index in [2.05, 4.69) is 9.71 Å². The number of halogens is 3. The summed E-state index contributed by atoms with van der Waals surface area (Å²) in [5, 5.41) is 2.38. The number of aromatic nitrogens is 1. The van der Waals surface area contributed by atoms with Gasteiger partial charge in [-0.25, -0.2) is 4.98 Å². The first-order chi connectivity index (χ1) is 20.3. The highest BCUT2D eigenvalue weighted by atomic mass is 32.2. The summed E-state index contributed by atoms with van der Waals surface area (Å²) in [5.74, 6) is -0.888. The Morgan fingerprint density at radius 3 is 2.39 bits per heavy atom. The molecule has 0 spiro atoms. The normalized spacial score (nSPS) is 19.7. The van der Waals surface area contributed by atoms with Crippen LogP contribution in [0.15, 0.2) is 57.2 Å². The number of ketones is 1. The highest BCUT2D eigenvalue weighted by molar-refractivity contribution is 8.01. The van der Waals surface area contributed by atoms with Crippen molar-refractivity contribution in [3.63, 3.8) is 0 Å². The molecule has 0 bridgehead atoms. The third kappa shape index (κ3) is 7.48. The number of alkyl halides is 3. The van der Waals surface area contributed by atoms with Crippen LogP contribution in [-0.2, 0) is 42.4 Å². The van der Waals surface area contributed by atoms with E-state index < -0.39 is 49.0 Å². The number of aryl methyl sites for hydroxylation is 2. The average Bonchev–Trinajstić information content (AvgIpc) is 3.43. The zero-order valence-corrected chi connectivity index (χ0v) is 27.7. The third-order valence-corrected chi connectivity index (χ3v) is 11.0. The largest absolute Gasteiger partial charge is 0.457 e. The zero-order chi connectivity index (χ0) is 32.7. The molecule has 2 atom stereocenters. The fourth-order valence-electron chi connectivity index (χ4n) is 4.97. The summed E-state index contributed by atoms with van der Waals surface area (Å²) in [5.41, 5.74) is -0.00877. The number of esters is 1. The van der Waals surface area contributed by atoms with E-state index in [1.54, 1.807) is 30.4 Å². The number of sulfonamides is 1. The Morgan fingerprint density at radius 2 is 1.86 bits per heavy atom. The molecule has 3 aromatic rings. The monoisotopic (exact) mass is 668 g/mol. The Balaban J connectivity index is 1.59. The highest BCUT2D eigenvalue weighted by Gasteiger charge is 2.49. The number of nitrogens with one attached hydrogen (secondary N) is 1. The second-order valence-corrected chi connectivity index (χ2v) is 15.9. The van der Waals surface area contributed by atoms with Crippen LogP contribution in [0.3, 0.4) is 0 Å². The SMILES string of the molecule is Cc1cc(SC2C(=O)CC(CCc3ccsc3)(C(C)C)OC2=O)c(C(C)(C)C)cc1NS(=O)(=O)c1ccc(C(F)(F)F)cn1. The number of thioether (sulfide) groups is 1. The molecule has 4 rings (SSSR count). The van der Waals surface area contributed by atoms with Crippen molar-refractivity contribution in [2.45, 2.75) is 93.2 Å². The summed E-state index contributed by atoms with van der Waals surface area (Å²) in [4.78, 5) is 31.1. The molecule has 1 aliphatic rings. The second-order valence-electron chi connectivity index (χ2n) is 12.3. The highest BCUT2D eigenvalue weighted by Crippen LogP contribution is 2.43. The van der Waals surface area contributed by atoms with Gasteiger partial charge in [0.05, 0.1) is 11.3 Å². The summed E-state index contributed by atoms with van der Waals surface area (Å²) in [7, 11) is -4.32. The number of carbonyl (C=O) groups is 2. The molecular weight excluding hydrogens is 634 g/mol. The van der Waals surface area contributed by atoms with Crippen LogP contribution in [0.5, 0.6) is 0 Å². The lowest BCUT2D eigenvalue weighted by atomic mass is 9.78. The topological polar surface area (TPSA) is 102 Å². The lowest BCUT2D eigenvalue weighted by Crippen LogP contribution is -2.52. The van der Waals surface area contributed by atoms with Gasteiger partial charge in [-0.1, -0.05) is 34.6 Å². The van der Waals surface area contributed by atoms with Crippen molar-refractivity contribution in [1.29, 1.82) is 0 Å². The van der Waals surface area contributed by atoms with Gasteiger partial charge in [0, 0.05) is 17.5 Å². The molecular formula is C31H35F3N2O5S3. The molecule has 2 aromatic heterocycles. The predicted molar refractivity (Wildman–Crippen MR) is 165 cm³/mol. The molecule has 44 heavy (non-hydrogen) atoms. The summed E-state index contributed by atoms with van der Waals surface area (Å²) >= 11 is 2.67. The van der Waals surface area contributed by atoms with Crippen molar-refractivity contribution < 1.29 is 35.9 Å². The Hall–Kier alpha value is -2.90. The molecule has 0 amide bonds. The first-order valence-electron chi connectivity index (χ1n) is 14.0. The number of hydrogen-bond acceptors (Lipinski definition) is 8. The molecule has 3 heterocycles. The first-order valence-corrected chi connectivity index (χ1v) is 17.3. The van der Waals surface area contributed by atoms with Gasteiger partial charge in [-0.15, -0.1) is 11.8 Å². The number of carbonyl (C=O) groups excluding carboxylic acids is 2. The molecule has 0 radical (unpaired) electrons. The Morgan fingerprint density at radius 1 is 1.16 bits per heavy atom. The van der Waals surface area contributed by atoms with Crippen LogP contribution in [0.2, 0.25) is 0 Å². The summed E-state index contributed by atoms with van der Waals surface area (Å²) in [6.45, 7) is 11.3. The van der Waals surface area contributed by atoms with Gasteiger partial charge < -0.3 is 4.74 Å². The third-order valence-electron chi connectivity index (χ3n) is 7.72. The predicted octanol–water partition coefficient (Wildman–Crippen LogP) is 7.57. The number of cyclic esters (lactones) is 1. The molecule has 238 valence electrons. The Labute approximate surface area is 264 Å². The van der Waals surface area contributed by atoms with Crippen LogP contribution in [0, 0.1) is 12.8 Å². The fourth-order valence-corrected chi connectivity index (χ4v) is 8.08. The number of nitrogens with zero attached hydrogens (tertiary/aromatic N) is 1. The van der Waals surface area contributed by atoms with E-state index in [9.17, 15) is 31.2 Å². The van der Waals surface area contributed by atoms with Crippen molar-refractivity contribution in [1.82, 2.24) is 4.98 Å². The van der Waals surface area contributed by atoms with Gasteiger partial charge in [0.15, 0.2) is 16.1 Å². The maximum absolute atomic E-state index is 13.5. The van der Waals surface area contributed by atoms with Crippen LogP contribution in [-0.4, -0.2) is 36.0 Å². The lowest BCUT2D eigenvalue weighted by Gasteiger charge is -2.41. The average molecular weight is 669 g/mol. The van der Waals surface area contributed by atoms with E-state index in [0.29, 0.717) is 41.1 Å². The number of hydrogen-bond donors (Lipinski definition) is 1. The van der Waals surface area contributed by atoms with Gasteiger partial charge >= 0.3 is 12.1 Å². The standard InChI is InChI=1S/C31H35F3N2O5S3/c1-18(2)30(11-9-20-10-12-42-17-20)15-24(37)27(28(38)41-30)43-25-13-19(3)23(14-22(25)29(4,5)6)36-44(39,40)26-8-7-21(16-35-26)31(32,33)34/h7-8,10,12-14,16-18,27,36H,9,11,15H2,1-6H3. The van der Waals surface area contributed by atoms with E-state index in [1.807, 2.05) is 51.4 Å². The Kier molecular flexibility index (Phi) is 9.64. The van der Waals surface area contributed by atoms with Crippen molar-refractivity contribution in [2.24, 2.45) is 5.92 Å². The molecule has 13 heteroatoms. The van der Waals surface area contributed by atoms with Crippen LogP contribution in [0.4, 0.5) is 18.9 Å². The molecule has 1 saturated heterocycles. The van der Waals surface area contributed by atoms with Crippen LogP contribution in [0.1, 0.15) is 69.7 Å². The molecule has 1 N–H and O–H groups in total. The molecule has 7 nitrogen and oxygen atoms in total. The van der Waals surface area contributed by atoms with Crippen molar-refractivity contribution in [2.75, 3.05) is 4.72 Å². The molecule has 0 aliphatic carbocycles. The summed E-state index contributed by atoms with van der Waals surface area (Å²) in [6, 6.07) is 6.80. The van der Waals surface area contributed by atoms with Crippen LogP contribution < -0.4 is 4.72 Å². The molecule has 1 aromatic carbocycles. The molecule has 1 aliphatic heterocycles. The minimum atomic E-state index is -4.65. The minimum Gasteiger partial charge on any atom is -0.457 e. The first kappa shape index (κ1) is 34.0. The molecule has 1 fully saturated rings.